The second-order valence-corrected chi connectivity index (χ2v) is 5.17. The van der Waals surface area contributed by atoms with E-state index in [1.165, 1.54) is 12.1 Å². The molecule has 0 fully saturated rings. The van der Waals surface area contributed by atoms with E-state index in [9.17, 15) is 14.7 Å². The minimum Gasteiger partial charge on any atom is -0.508 e. The van der Waals surface area contributed by atoms with Gasteiger partial charge in [0.15, 0.2) is 5.43 Å². The summed E-state index contributed by atoms with van der Waals surface area (Å²) >= 11 is 0. The molecule has 2 aromatic carbocycles. The smallest absolute Gasteiger partial charge is 0.288 e. The third kappa shape index (κ3) is 1.72. The highest BCUT2D eigenvalue weighted by molar-refractivity contribution is 5.98. The first-order valence-electron chi connectivity index (χ1n) is 6.80. The number of carbonyl (C=O) groups is 1. The standard InChI is InChI=1S/C17H11NO4/c19-10-7-5-9(6-8-10)14-13-15(20)11-3-1-2-4-12(11)22-16(13)17(21)18-14/h1-8,14,19H,(H,18,21)/t14-/m0/s1. The number of hydrogen-bond donors (Lipinski definition) is 2. The lowest BCUT2D eigenvalue weighted by molar-refractivity contribution is 0.0938. The van der Waals surface area contributed by atoms with Gasteiger partial charge in [0.05, 0.1) is 17.0 Å². The number of benzene rings is 2. The van der Waals surface area contributed by atoms with Crippen LogP contribution in [-0.4, -0.2) is 11.0 Å². The quantitative estimate of drug-likeness (QED) is 0.721. The molecule has 0 saturated heterocycles. The normalized spacial score (nSPS) is 16.5. The first-order chi connectivity index (χ1) is 10.6. The SMILES string of the molecule is O=C1N[C@@H](c2ccc(O)cc2)c2c1oc1ccccc1c2=O. The van der Waals surface area contributed by atoms with Crippen molar-refractivity contribution < 1.29 is 14.3 Å². The Labute approximate surface area is 124 Å². The second kappa shape index (κ2) is 4.46. The first kappa shape index (κ1) is 12.6. The van der Waals surface area contributed by atoms with Crippen LogP contribution in [0, 0.1) is 0 Å². The van der Waals surface area contributed by atoms with Gasteiger partial charge in [-0.3, -0.25) is 9.59 Å². The van der Waals surface area contributed by atoms with Gasteiger partial charge in [0.2, 0.25) is 5.76 Å². The number of hydrogen-bond acceptors (Lipinski definition) is 4. The molecule has 108 valence electrons. The van der Waals surface area contributed by atoms with Gasteiger partial charge in [0.25, 0.3) is 5.91 Å². The predicted octanol–water partition coefficient (Wildman–Crippen LogP) is 2.33. The molecule has 0 spiro atoms. The molecular weight excluding hydrogens is 282 g/mol. The number of phenols is 1. The van der Waals surface area contributed by atoms with Crippen LogP contribution < -0.4 is 10.7 Å². The van der Waals surface area contributed by atoms with Crippen LogP contribution in [-0.2, 0) is 0 Å². The van der Waals surface area contributed by atoms with Crippen molar-refractivity contribution in [1.82, 2.24) is 5.32 Å². The number of phenolic OH excluding ortho intramolecular Hbond substituents is 1. The van der Waals surface area contributed by atoms with Gasteiger partial charge in [-0.15, -0.1) is 0 Å². The molecule has 22 heavy (non-hydrogen) atoms. The number of carbonyl (C=O) groups excluding carboxylic acids is 1. The van der Waals surface area contributed by atoms with Crippen LogP contribution in [0.15, 0.2) is 57.7 Å². The van der Waals surface area contributed by atoms with Crippen LogP contribution in [0.2, 0.25) is 0 Å². The molecule has 2 heterocycles. The molecule has 0 unspecified atom stereocenters. The van der Waals surface area contributed by atoms with Crippen molar-refractivity contribution in [2.24, 2.45) is 0 Å². The van der Waals surface area contributed by atoms with E-state index in [4.69, 9.17) is 4.42 Å². The van der Waals surface area contributed by atoms with E-state index in [0.29, 0.717) is 22.1 Å². The maximum atomic E-state index is 12.7. The van der Waals surface area contributed by atoms with E-state index in [1.54, 1.807) is 36.4 Å². The van der Waals surface area contributed by atoms with Crippen LogP contribution in [0.25, 0.3) is 11.0 Å². The Morgan fingerprint density at radius 2 is 1.73 bits per heavy atom. The lowest BCUT2D eigenvalue weighted by Gasteiger charge is -2.11. The third-order valence-corrected chi connectivity index (χ3v) is 3.83. The molecule has 5 nitrogen and oxygen atoms in total. The van der Waals surface area contributed by atoms with Crippen molar-refractivity contribution in [1.29, 1.82) is 0 Å². The van der Waals surface area contributed by atoms with Crippen molar-refractivity contribution in [2.45, 2.75) is 6.04 Å². The Kier molecular flexibility index (Phi) is 2.56. The minimum absolute atomic E-state index is 0.0572. The van der Waals surface area contributed by atoms with Crippen LogP contribution in [0.4, 0.5) is 0 Å². The molecule has 3 aromatic rings. The third-order valence-electron chi connectivity index (χ3n) is 3.83. The highest BCUT2D eigenvalue weighted by atomic mass is 16.3. The maximum absolute atomic E-state index is 12.7. The fraction of sp³-hybridized carbons (Fsp3) is 0.0588. The van der Waals surface area contributed by atoms with Gasteiger partial charge in [0, 0.05) is 0 Å². The number of fused-ring (bicyclic) bond motifs is 2. The average Bonchev–Trinajstić information content (AvgIpc) is 2.86. The van der Waals surface area contributed by atoms with E-state index in [2.05, 4.69) is 5.32 Å². The lowest BCUT2D eigenvalue weighted by atomic mass is 9.99. The van der Waals surface area contributed by atoms with Gasteiger partial charge in [-0.2, -0.15) is 0 Å². The molecule has 1 aliphatic rings. The van der Waals surface area contributed by atoms with Crippen molar-refractivity contribution in [3.05, 3.63) is 75.6 Å². The molecule has 0 radical (unpaired) electrons. The largest absolute Gasteiger partial charge is 0.508 e. The number of aromatic hydroxyl groups is 1. The fourth-order valence-electron chi connectivity index (χ4n) is 2.77. The summed E-state index contributed by atoms with van der Waals surface area (Å²) in [6.45, 7) is 0. The van der Waals surface area contributed by atoms with E-state index in [1.807, 2.05) is 0 Å². The Morgan fingerprint density at radius 1 is 1.00 bits per heavy atom. The average molecular weight is 293 g/mol. The van der Waals surface area contributed by atoms with Gasteiger partial charge in [-0.05, 0) is 29.8 Å². The van der Waals surface area contributed by atoms with Gasteiger partial charge in [-0.25, -0.2) is 0 Å². The van der Waals surface area contributed by atoms with Crippen LogP contribution in [0.1, 0.15) is 27.7 Å². The van der Waals surface area contributed by atoms with Gasteiger partial charge >= 0.3 is 0 Å². The summed E-state index contributed by atoms with van der Waals surface area (Å²) in [4.78, 5) is 24.8. The van der Waals surface area contributed by atoms with Crippen molar-refractivity contribution in [3.63, 3.8) is 0 Å². The van der Waals surface area contributed by atoms with Crippen LogP contribution in [0.3, 0.4) is 0 Å². The molecule has 2 N–H and O–H groups in total. The molecule has 0 saturated carbocycles. The Morgan fingerprint density at radius 3 is 2.50 bits per heavy atom. The van der Waals surface area contributed by atoms with Crippen molar-refractivity contribution >= 4 is 16.9 Å². The second-order valence-electron chi connectivity index (χ2n) is 5.17. The molecule has 1 aromatic heterocycles. The topological polar surface area (TPSA) is 79.5 Å². The van der Waals surface area contributed by atoms with Gasteiger partial charge in [-0.1, -0.05) is 24.3 Å². The minimum atomic E-state index is -0.566. The Hall–Kier alpha value is -3.08. The number of amides is 1. The van der Waals surface area contributed by atoms with Crippen LogP contribution in [0.5, 0.6) is 5.75 Å². The summed E-state index contributed by atoms with van der Waals surface area (Å²) in [6.07, 6.45) is 0. The Bertz CT molecular complexity index is 957. The molecule has 1 amide bonds. The highest BCUT2D eigenvalue weighted by Gasteiger charge is 2.35. The molecule has 1 atom stereocenters. The number of rotatable bonds is 1. The molecule has 0 aliphatic carbocycles. The summed E-state index contributed by atoms with van der Waals surface area (Å²) in [7, 11) is 0. The zero-order valence-corrected chi connectivity index (χ0v) is 11.4. The molecule has 4 rings (SSSR count). The Balaban J connectivity index is 1.99. The highest BCUT2D eigenvalue weighted by Crippen LogP contribution is 2.31. The number of para-hydroxylation sites is 1. The van der Waals surface area contributed by atoms with E-state index in [-0.39, 0.29) is 16.9 Å². The maximum Gasteiger partial charge on any atom is 0.288 e. The zero-order chi connectivity index (χ0) is 15.3. The zero-order valence-electron chi connectivity index (χ0n) is 11.4. The van der Waals surface area contributed by atoms with Crippen molar-refractivity contribution in [3.8, 4) is 5.75 Å². The molecule has 1 aliphatic heterocycles. The monoisotopic (exact) mass is 293 g/mol. The first-order valence-corrected chi connectivity index (χ1v) is 6.80. The van der Waals surface area contributed by atoms with E-state index >= 15 is 0 Å². The summed E-state index contributed by atoms with van der Waals surface area (Å²) in [6, 6.07) is 12.7. The van der Waals surface area contributed by atoms with Crippen molar-refractivity contribution in [2.75, 3.05) is 0 Å². The van der Waals surface area contributed by atoms with E-state index in [0.717, 1.165) is 0 Å². The fourth-order valence-corrected chi connectivity index (χ4v) is 2.77. The molecule has 5 heteroatoms. The van der Waals surface area contributed by atoms with Crippen LogP contribution >= 0.6 is 0 Å². The summed E-state index contributed by atoms with van der Waals surface area (Å²) < 4.78 is 5.61. The molecule has 0 bridgehead atoms. The molecular formula is C17H11NO4. The predicted molar refractivity (Wildman–Crippen MR) is 79.9 cm³/mol. The lowest BCUT2D eigenvalue weighted by Crippen LogP contribution is -2.21. The number of nitrogens with one attached hydrogen (secondary N) is 1. The van der Waals surface area contributed by atoms with Gasteiger partial charge in [0.1, 0.15) is 11.3 Å². The summed E-state index contributed by atoms with van der Waals surface area (Å²) in [5.41, 5.74) is 1.21. The summed E-state index contributed by atoms with van der Waals surface area (Å²) in [5.74, 6) is -0.225. The van der Waals surface area contributed by atoms with Gasteiger partial charge < -0.3 is 14.8 Å². The van der Waals surface area contributed by atoms with E-state index < -0.39 is 11.9 Å². The summed E-state index contributed by atoms with van der Waals surface area (Å²) in [5, 5.41) is 12.6.